The molecular weight excluding hydrogens is 262 g/mol. The molecule has 1 aliphatic rings. The van der Waals surface area contributed by atoms with Crippen molar-refractivity contribution in [2.45, 2.75) is 45.3 Å². The van der Waals surface area contributed by atoms with Crippen molar-refractivity contribution in [1.82, 2.24) is 5.32 Å². The van der Waals surface area contributed by atoms with Crippen LogP contribution in [-0.4, -0.2) is 43.0 Å². The standard InChI is InChI=1S/C9H16O3.C5H9NO2/c1-2-9(11)12-8-6-4-3-5-7-10;1-2-5(7)8-4-3-6-4/h2,10H,1,3-8H2;4,6H,2-3H2,1H3. The summed E-state index contributed by atoms with van der Waals surface area (Å²) < 4.78 is 9.51. The predicted molar refractivity (Wildman–Crippen MR) is 74.9 cm³/mol. The van der Waals surface area contributed by atoms with Crippen molar-refractivity contribution in [2.24, 2.45) is 0 Å². The summed E-state index contributed by atoms with van der Waals surface area (Å²) in [7, 11) is 0. The molecule has 1 rings (SSSR count). The summed E-state index contributed by atoms with van der Waals surface area (Å²) in [4.78, 5) is 20.9. The maximum absolute atomic E-state index is 10.5. The van der Waals surface area contributed by atoms with Gasteiger partial charge in [-0.2, -0.15) is 0 Å². The van der Waals surface area contributed by atoms with Gasteiger partial charge in [-0.1, -0.05) is 19.9 Å². The van der Waals surface area contributed by atoms with Crippen LogP contribution in [0.25, 0.3) is 0 Å². The van der Waals surface area contributed by atoms with E-state index in [1.807, 2.05) is 0 Å². The van der Waals surface area contributed by atoms with Crippen LogP contribution in [0.5, 0.6) is 0 Å². The average molecular weight is 287 g/mol. The van der Waals surface area contributed by atoms with Crippen molar-refractivity contribution in [3.05, 3.63) is 12.7 Å². The molecule has 0 saturated carbocycles. The molecule has 0 spiro atoms. The first kappa shape index (κ1) is 18.6. The highest BCUT2D eigenvalue weighted by Gasteiger charge is 2.23. The van der Waals surface area contributed by atoms with Crippen LogP contribution >= 0.6 is 0 Å². The molecule has 1 fully saturated rings. The number of carbonyl (C=O) groups is 2. The van der Waals surface area contributed by atoms with Crippen LogP contribution in [0.15, 0.2) is 12.7 Å². The number of nitrogens with one attached hydrogen (secondary N) is 1. The Bertz CT molecular complexity index is 289. The summed E-state index contributed by atoms with van der Waals surface area (Å²) in [5, 5.41) is 11.3. The van der Waals surface area contributed by atoms with Crippen LogP contribution in [-0.2, 0) is 19.1 Å². The number of carbonyl (C=O) groups excluding carboxylic acids is 2. The molecular formula is C14H25NO5. The molecule has 0 bridgehead atoms. The van der Waals surface area contributed by atoms with Gasteiger partial charge in [0.15, 0.2) is 6.23 Å². The Hall–Kier alpha value is -1.40. The lowest BCUT2D eigenvalue weighted by molar-refractivity contribution is -0.144. The Kier molecular flexibility index (Phi) is 11.7. The highest BCUT2D eigenvalue weighted by atomic mass is 16.6. The Balaban J connectivity index is 0.000000388. The van der Waals surface area contributed by atoms with Crippen LogP contribution in [0, 0.1) is 0 Å². The molecule has 0 radical (unpaired) electrons. The van der Waals surface area contributed by atoms with E-state index in [1.54, 1.807) is 6.92 Å². The highest BCUT2D eigenvalue weighted by molar-refractivity contribution is 5.81. The zero-order chi connectivity index (χ0) is 15.2. The van der Waals surface area contributed by atoms with Gasteiger partial charge in [-0.3, -0.25) is 10.1 Å². The molecule has 1 heterocycles. The van der Waals surface area contributed by atoms with E-state index in [2.05, 4.69) is 11.9 Å². The molecule has 0 aliphatic carbocycles. The summed E-state index contributed by atoms with van der Waals surface area (Å²) in [5.74, 6) is -0.489. The Morgan fingerprint density at radius 2 is 2.00 bits per heavy atom. The number of aliphatic hydroxyl groups excluding tert-OH is 1. The van der Waals surface area contributed by atoms with Gasteiger partial charge in [0, 0.05) is 25.6 Å². The van der Waals surface area contributed by atoms with Crippen LogP contribution in [0.1, 0.15) is 39.0 Å². The van der Waals surface area contributed by atoms with E-state index in [0.29, 0.717) is 13.0 Å². The minimum Gasteiger partial charge on any atom is -0.463 e. The monoisotopic (exact) mass is 287 g/mol. The van der Waals surface area contributed by atoms with E-state index in [4.69, 9.17) is 14.6 Å². The van der Waals surface area contributed by atoms with Gasteiger partial charge in [0.2, 0.25) is 0 Å². The topological polar surface area (TPSA) is 94.8 Å². The second-order valence-corrected chi connectivity index (χ2v) is 4.25. The lowest BCUT2D eigenvalue weighted by Crippen LogP contribution is -2.06. The third-order valence-electron chi connectivity index (χ3n) is 2.40. The molecule has 20 heavy (non-hydrogen) atoms. The van der Waals surface area contributed by atoms with E-state index in [-0.39, 0.29) is 24.8 Å². The maximum atomic E-state index is 10.5. The fourth-order valence-electron chi connectivity index (χ4n) is 1.17. The van der Waals surface area contributed by atoms with Gasteiger partial charge < -0.3 is 14.6 Å². The first-order valence-electron chi connectivity index (χ1n) is 6.97. The zero-order valence-electron chi connectivity index (χ0n) is 12.1. The summed E-state index contributed by atoms with van der Waals surface area (Å²) in [6.07, 6.45) is 5.33. The third-order valence-corrected chi connectivity index (χ3v) is 2.40. The normalized spacial score (nSPS) is 15.6. The first-order chi connectivity index (χ1) is 9.63. The smallest absolute Gasteiger partial charge is 0.330 e. The van der Waals surface area contributed by atoms with Gasteiger partial charge >= 0.3 is 11.9 Å². The summed E-state index contributed by atoms with van der Waals surface area (Å²) in [6, 6.07) is 0. The molecule has 1 saturated heterocycles. The van der Waals surface area contributed by atoms with Crippen LogP contribution < -0.4 is 5.32 Å². The minimum absolute atomic E-state index is 0.0300. The van der Waals surface area contributed by atoms with Crippen molar-refractivity contribution < 1.29 is 24.2 Å². The molecule has 0 aromatic heterocycles. The second-order valence-electron chi connectivity index (χ2n) is 4.25. The molecule has 116 valence electrons. The number of hydrogen-bond donors (Lipinski definition) is 2. The van der Waals surface area contributed by atoms with E-state index in [0.717, 1.165) is 38.3 Å². The van der Waals surface area contributed by atoms with Crippen molar-refractivity contribution in [1.29, 1.82) is 0 Å². The molecule has 2 N–H and O–H groups in total. The van der Waals surface area contributed by atoms with Crippen molar-refractivity contribution in [3.8, 4) is 0 Å². The summed E-state index contributed by atoms with van der Waals surface area (Å²) in [6.45, 7) is 6.59. The van der Waals surface area contributed by atoms with Crippen LogP contribution in [0.2, 0.25) is 0 Å². The molecule has 6 nitrogen and oxygen atoms in total. The first-order valence-corrected chi connectivity index (χ1v) is 6.97. The van der Waals surface area contributed by atoms with Gasteiger partial charge in [0.1, 0.15) is 0 Å². The van der Waals surface area contributed by atoms with E-state index < -0.39 is 0 Å². The number of aliphatic hydroxyl groups is 1. The minimum atomic E-state index is -0.364. The molecule has 0 aromatic rings. The van der Waals surface area contributed by atoms with Gasteiger partial charge in [-0.05, 0) is 19.3 Å². The average Bonchev–Trinajstić information content (AvgIpc) is 3.26. The quantitative estimate of drug-likeness (QED) is 0.286. The lowest BCUT2D eigenvalue weighted by atomic mass is 10.2. The number of hydrogen-bond acceptors (Lipinski definition) is 6. The van der Waals surface area contributed by atoms with Gasteiger partial charge in [0.25, 0.3) is 0 Å². The molecule has 0 amide bonds. The SMILES string of the molecule is C=CC(=O)OCCCCCCO.CCC(=O)OC1CN1. The maximum Gasteiger partial charge on any atom is 0.330 e. The molecule has 1 unspecified atom stereocenters. The van der Waals surface area contributed by atoms with Gasteiger partial charge in [0.05, 0.1) is 6.61 Å². The van der Waals surface area contributed by atoms with E-state index in [1.165, 1.54) is 0 Å². The molecule has 1 atom stereocenters. The number of rotatable bonds is 9. The highest BCUT2D eigenvalue weighted by Crippen LogP contribution is 2.00. The second kappa shape index (κ2) is 12.6. The van der Waals surface area contributed by atoms with Crippen molar-refractivity contribution in [3.63, 3.8) is 0 Å². The number of ether oxygens (including phenoxy) is 2. The molecule has 1 aliphatic heterocycles. The zero-order valence-corrected chi connectivity index (χ0v) is 12.1. The molecule has 6 heteroatoms. The largest absolute Gasteiger partial charge is 0.463 e. The Morgan fingerprint density at radius 1 is 1.35 bits per heavy atom. The summed E-state index contributed by atoms with van der Waals surface area (Å²) >= 11 is 0. The Labute approximate surface area is 120 Å². The van der Waals surface area contributed by atoms with Crippen LogP contribution in [0.4, 0.5) is 0 Å². The van der Waals surface area contributed by atoms with E-state index in [9.17, 15) is 9.59 Å². The Morgan fingerprint density at radius 3 is 2.50 bits per heavy atom. The van der Waals surface area contributed by atoms with Gasteiger partial charge in [-0.25, -0.2) is 4.79 Å². The van der Waals surface area contributed by atoms with Crippen LogP contribution in [0.3, 0.4) is 0 Å². The lowest BCUT2D eigenvalue weighted by Gasteiger charge is -2.00. The number of unbranched alkanes of at least 4 members (excludes halogenated alkanes) is 3. The fourth-order valence-corrected chi connectivity index (χ4v) is 1.17. The van der Waals surface area contributed by atoms with Gasteiger partial charge in [-0.15, -0.1) is 0 Å². The third kappa shape index (κ3) is 13.0. The van der Waals surface area contributed by atoms with Crippen molar-refractivity contribution in [2.75, 3.05) is 19.8 Å². The number of esters is 2. The van der Waals surface area contributed by atoms with E-state index >= 15 is 0 Å². The summed E-state index contributed by atoms with van der Waals surface area (Å²) in [5.41, 5.74) is 0. The fraction of sp³-hybridized carbons (Fsp3) is 0.714. The van der Waals surface area contributed by atoms with Crippen molar-refractivity contribution >= 4 is 11.9 Å². The molecule has 0 aromatic carbocycles. The predicted octanol–water partition coefficient (Wildman–Crippen LogP) is 1.14.